The minimum Gasteiger partial charge on any atom is -0.381 e. The molecule has 3 heteroatoms. The monoisotopic (exact) mass is 265 g/mol. The van der Waals surface area contributed by atoms with E-state index < -0.39 is 0 Å². The van der Waals surface area contributed by atoms with Gasteiger partial charge in [0.1, 0.15) is 5.82 Å². The smallest absolute Gasteiger partial charge is 0.123 e. The second kappa shape index (κ2) is 5.59. The fraction of sp³-hybridized carbons (Fsp3) is 0.625. The van der Waals surface area contributed by atoms with E-state index in [-0.39, 0.29) is 16.8 Å². The fourth-order valence-electron chi connectivity index (χ4n) is 2.52. The second-order valence-corrected chi connectivity index (χ2v) is 6.71. The summed E-state index contributed by atoms with van der Waals surface area (Å²) < 4.78 is 18.9. The van der Waals surface area contributed by atoms with Crippen molar-refractivity contribution in [2.45, 2.75) is 39.2 Å². The molecule has 0 aromatic heterocycles. The lowest BCUT2D eigenvalue weighted by Gasteiger charge is -2.32. The Kier molecular flexibility index (Phi) is 4.26. The van der Waals surface area contributed by atoms with Gasteiger partial charge in [0, 0.05) is 24.1 Å². The van der Waals surface area contributed by atoms with E-state index in [0.717, 1.165) is 38.2 Å². The number of benzene rings is 1. The minimum atomic E-state index is -0.157. The Balaban J connectivity index is 2.07. The van der Waals surface area contributed by atoms with E-state index in [1.54, 1.807) is 12.1 Å². The molecule has 0 spiro atoms. The molecule has 1 atom stereocenters. The molecule has 0 amide bonds. The van der Waals surface area contributed by atoms with Crippen molar-refractivity contribution in [1.29, 1.82) is 0 Å². The molecule has 0 bridgehead atoms. The molecule has 0 aliphatic carbocycles. The van der Waals surface area contributed by atoms with Crippen molar-refractivity contribution in [3.05, 3.63) is 35.6 Å². The molecule has 1 aliphatic heterocycles. The molecular weight excluding hydrogens is 241 g/mol. The third kappa shape index (κ3) is 4.29. The van der Waals surface area contributed by atoms with Gasteiger partial charge in [0.2, 0.25) is 0 Å². The van der Waals surface area contributed by atoms with Gasteiger partial charge in [0.15, 0.2) is 0 Å². The van der Waals surface area contributed by atoms with Crippen molar-refractivity contribution in [1.82, 2.24) is 5.32 Å². The topological polar surface area (TPSA) is 21.3 Å². The molecule has 1 heterocycles. The number of nitrogens with one attached hydrogen (secondary N) is 1. The summed E-state index contributed by atoms with van der Waals surface area (Å²) in [6.45, 7) is 8.97. The van der Waals surface area contributed by atoms with Crippen LogP contribution in [0.3, 0.4) is 0 Å². The zero-order valence-electron chi connectivity index (χ0n) is 12.1. The highest BCUT2D eigenvalue weighted by atomic mass is 19.1. The molecule has 1 aromatic rings. The van der Waals surface area contributed by atoms with Crippen LogP contribution in [-0.2, 0) is 11.2 Å². The Bertz CT molecular complexity index is 419. The van der Waals surface area contributed by atoms with Gasteiger partial charge < -0.3 is 10.1 Å². The van der Waals surface area contributed by atoms with Crippen LogP contribution in [0.5, 0.6) is 0 Å². The summed E-state index contributed by atoms with van der Waals surface area (Å²) in [7, 11) is 0. The fourth-order valence-corrected chi connectivity index (χ4v) is 2.52. The third-order valence-electron chi connectivity index (χ3n) is 3.65. The summed E-state index contributed by atoms with van der Waals surface area (Å²) in [5.41, 5.74) is 1.25. The van der Waals surface area contributed by atoms with E-state index in [4.69, 9.17) is 4.74 Å². The van der Waals surface area contributed by atoms with E-state index >= 15 is 0 Å². The minimum absolute atomic E-state index is 0.0948. The zero-order valence-corrected chi connectivity index (χ0v) is 12.1. The van der Waals surface area contributed by atoms with Crippen molar-refractivity contribution < 1.29 is 9.13 Å². The van der Waals surface area contributed by atoms with Crippen molar-refractivity contribution in [2.75, 3.05) is 19.8 Å². The molecule has 106 valence electrons. The van der Waals surface area contributed by atoms with Gasteiger partial charge in [-0.15, -0.1) is 0 Å². The molecule has 1 fully saturated rings. The lowest BCUT2D eigenvalue weighted by Crippen LogP contribution is -2.45. The molecule has 1 N–H and O–H groups in total. The van der Waals surface area contributed by atoms with E-state index in [0.29, 0.717) is 0 Å². The van der Waals surface area contributed by atoms with Crippen molar-refractivity contribution in [2.24, 2.45) is 5.41 Å². The lowest BCUT2D eigenvalue weighted by molar-refractivity contribution is 0.144. The predicted octanol–water partition coefficient (Wildman–Crippen LogP) is 3.16. The Hall–Kier alpha value is -0.930. The van der Waals surface area contributed by atoms with Gasteiger partial charge in [0.05, 0.1) is 6.61 Å². The molecule has 1 saturated heterocycles. The van der Waals surface area contributed by atoms with Crippen molar-refractivity contribution in [3.63, 3.8) is 0 Å². The number of ether oxygens (including phenoxy) is 1. The molecule has 19 heavy (non-hydrogen) atoms. The molecule has 0 radical (unpaired) electrons. The highest BCUT2D eigenvalue weighted by Gasteiger charge is 2.35. The Morgan fingerprint density at radius 1 is 1.37 bits per heavy atom. The van der Waals surface area contributed by atoms with Crippen LogP contribution in [0.2, 0.25) is 0 Å². The van der Waals surface area contributed by atoms with Gasteiger partial charge in [-0.1, -0.05) is 12.1 Å². The first-order chi connectivity index (χ1) is 8.89. The Labute approximate surface area is 115 Å². The zero-order chi connectivity index (χ0) is 13.9. The van der Waals surface area contributed by atoms with E-state index in [1.807, 2.05) is 6.07 Å². The molecule has 0 saturated carbocycles. The van der Waals surface area contributed by atoms with Gasteiger partial charge >= 0.3 is 0 Å². The maximum atomic E-state index is 13.3. The van der Waals surface area contributed by atoms with E-state index in [2.05, 4.69) is 26.1 Å². The Morgan fingerprint density at radius 3 is 2.74 bits per heavy atom. The number of rotatable bonds is 4. The highest BCUT2D eigenvalue weighted by Crippen LogP contribution is 2.32. The highest BCUT2D eigenvalue weighted by molar-refractivity contribution is 5.18. The first-order valence-corrected chi connectivity index (χ1v) is 6.96. The van der Waals surface area contributed by atoms with Crippen molar-refractivity contribution >= 4 is 0 Å². The maximum Gasteiger partial charge on any atom is 0.123 e. The average molecular weight is 265 g/mol. The Morgan fingerprint density at radius 2 is 2.16 bits per heavy atom. The second-order valence-electron chi connectivity index (χ2n) is 6.71. The molecule has 1 aliphatic rings. The maximum absolute atomic E-state index is 13.3. The first kappa shape index (κ1) is 14.5. The van der Waals surface area contributed by atoms with Crippen LogP contribution in [0.15, 0.2) is 24.3 Å². The first-order valence-electron chi connectivity index (χ1n) is 6.96. The van der Waals surface area contributed by atoms with Crippen LogP contribution < -0.4 is 5.32 Å². The van der Waals surface area contributed by atoms with Gasteiger partial charge in [-0.25, -0.2) is 4.39 Å². The summed E-state index contributed by atoms with van der Waals surface area (Å²) in [6, 6.07) is 6.91. The summed E-state index contributed by atoms with van der Waals surface area (Å²) in [5.74, 6) is -0.157. The van der Waals surface area contributed by atoms with Crippen molar-refractivity contribution in [3.8, 4) is 0 Å². The predicted molar refractivity (Wildman–Crippen MR) is 75.7 cm³/mol. The number of hydrogen-bond acceptors (Lipinski definition) is 2. The van der Waals surface area contributed by atoms with Gasteiger partial charge in [-0.05, 0) is 51.3 Å². The largest absolute Gasteiger partial charge is 0.381 e. The van der Waals surface area contributed by atoms with Crippen LogP contribution in [0.4, 0.5) is 4.39 Å². The molecule has 2 nitrogen and oxygen atoms in total. The normalized spacial score (nSPS) is 23.8. The summed E-state index contributed by atoms with van der Waals surface area (Å²) in [6.07, 6.45) is 1.90. The summed E-state index contributed by atoms with van der Waals surface area (Å²) >= 11 is 0. The number of hydrogen-bond donors (Lipinski definition) is 1. The summed E-state index contributed by atoms with van der Waals surface area (Å²) in [4.78, 5) is 0. The molecular formula is C16H24FNO. The van der Waals surface area contributed by atoms with Gasteiger partial charge in [0.25, 0.3) is 0 Å². The average Bonchev–Trinajstić information content (AvgIpc) is 2.75. The molecule has 2 rings (SSSR count). The third-order valence-corrected chi connectivity index (χ3v) is 3.65. The molecule has 1 aromatic carbocycles. The van der Waals surface area contributed by atoms with Gasteiger partial charge in [-0.2, -0.15) is 0 Å². The standard InChI is InChI=1S/C16H24FNO/c1-15(2,3)18-11-16(7-8-19-12-16)10-13-5-4-6-14(17)9-13/h4-6,9,18H,7-8,10-12H2,1-3H3. The van der Waals surface area contributed by atoms with Crippen LogP contribution in [0, 0.1) is 11.2 Å². The van der Waals surface area contributed by atoms with Crippen LogP contribution in [-0.4, -0.2) is 25.3 Å². The van der Waals surface area contributed by atoms with E-state index in [1.165, 1.54) is 6.07 Å². The van der Waals surface area contributed by atoms with E-state index in [9.17, 15) is 4.39 Å². The van der Waals surface area contributed by atoms with Crippen LogP contribution in [0.25, 0.3) is 0 Å². The van der Waals surface area contributed by atoms with Crippen LogP contribution >= 0.6 is 0 Å². The quantitative estimate of drug-likeness (QED) is 0.903. The molecule has 1 unspecified atom stereocenters. The number of halogens is 1. The summed E-state index contributed by atoms with van der Waals surface area (Å²) in [5, 5.41) is 3.57. The van der Waals surface area contributed by atoms with Gasteiger partial charge in [-0.3, -0.25) is 0 Å². The lowest BCUT2D eigenvalue weighted by atomic mass is 9.80. The SMILES string of the molecule is CC(C)(C)NCC1(Cc2cccc(F)c2)CCOC1. The van der Waals surface area contributed by atoms with Crippen LogP contribution in [0.1, 0.15) is 32.8 Å².